The Kier molecular flexibility index (Phi) is 4.40. The molecule has 0 fully saturated rings. The van der Waals surface area contributed by atoms with Crippen LogP contribution in [0, 0.1) is 6.92 Å². The molecule has 0 aliphatic carbocycles. The molecule has 2 aromatic carbocycles. The Morgan fingerprint density at radius 1 is 1.00 bits per heavy atom. The fourth-order valence-electron chi connectivity index (χ4n) is 3.27. The van der Waals surface area contributed by atoms with E-state index in [-0.39, 0.29) is 5.57 Å². The van der Waals surface area contributed by atoms with Crippen molar-refractivity contribution in [2.24, 2.45) is 0 Å². The zero-order valence-corrected chi connectivity index (χ0v) is 15.3. The third-order valence-corrected chi connectivity index (χ3v) is 5.28. The van der Waals surface area contributed by atoms with Crippen LogP contribution in [-0.2, 0) is 0 Å². The van der Waals surface area contributed by atoms with Crippen LogP contribution in [0.4, 0.5) is 13.2 Å². The summed E-state index contributed by atoms with van der Waals surface area (Å²) in [5, 5.41) is 2.57. The second kappa shape index (κ2) is 6.74. The molecule has 0 radical (unpaired) electrons. The lowest BCUT2D eigenvalue weighted by atomic mass is 9.96. The first-order valence-corrected chi connectivity index (χ1v) is 9.32. The van der Waals surface area contributed by atoms with Crippen LogP contribution in [0.15, 0.2) is 72.1 Å². The van der Waals surface area contributed by atoms with E-state index >= 15 is 0 Å². The van der Waals surface area contributed by atoms with E-state index in [1.165, 1.54) is 11.3 Å². The highest BCUT2D eigenvalue weighted by Crippen LogP contribution is 2.41. The van der Waals surface area contributed by atoms with Crippen LogP contribution in [-0.4, -0.2) is 11.2 Å². The van der Waals surface area contributed by atoms with Gasteiger partial charge in [0.15, 0.2) is 0 Å². The lowest BCUT2D eigenvalue weighted by Crippen LogP contribution is -2.04. The summed E-state index contributed by atoms with van der Waals surface area (Å²) in [6, 6.07) is 18.7. The van der Waals surface area contributed by atoms with Crippen molar-refractivity contribution in [1.29, 1.82) is 0 Å². The molecule has 4 aromatic rings. The van der Waals surface area contributed by atoms with E-state index in [0.29, 0.717) is 22.2 Å². The summed E-state index contributed by atoms with van der Waals surface area (Å²) in [4.78, 5) is 3.93. The van der Waals surface area contributed by atoms with Crippen LogP contribution in [0.25, 0.3) is 27.7 Å². The number of rotatable bonds is 3. The van der Waals surface area contributed by atoms with Crippen molar-refractivity contribution >= 4 is 27.8 Å². The number of hydrogen-bond donors (Lipinski definition) is 1. The topological polar surface area (TPSA) is 15.8 Å². The molecule has 27 heavy (non-hydrogen) atoms. The molecule has 0 atom stereocenters. The van der Waals surface area contributed by atoms with Crippen molar-refractivity contribution < 1.29 is 13.2 Å². The van der Waals surface area contributed by atoms with Gasteiger partial charge in [-0.2, -0.15) is 13.2 Å². The van der Waals surface area contributed by atoms with Gasteiger partial charge in [0.05, 0.1) is 5.69 Å². The zero-order chi connectivity index (χ0) is 19.0. The minimum absolute atomic E-state index is 0.187. The SMILES string of the molecule is Cc1ccc2c(/C(=C\C(F)(F)F)c3cccs3)c(-c3ccccc3)[nH]c2c1. The summed E-state index contributed by atoms with van der Waals surface area (Å²) in [5.41, 5.74) is 4.19. The number of allylic oxidation sites excluding steroid dienone is 1. The lowest BCUT2D eigenvalue weighted by Gasteiger charge is -2.11. The van der Waals surface area contributed by atoms with E-state index in [2.05, 4.69) is 4.98 Å². The molecule has 2 aromatic heterocycles. The molecule has 1 nitrogen and oxygen atoms in total. The number of nitrogens with one attached hydrogen (secondary N) is 1. The van der Waals surface area contributed by atoms with Crippen molar-refractivity contribution in [3.63, 3.8) is 0 Å². The number of thiophene rings is 1. The fraction of sp³-hybridized carbons (Fsp3) is 0.0909. The number of H-pyrrole nitrogens is 1. The molecule has 0 saturated heterocycles. The van der Waals surface area contributed by atoms with Gasteiger partial charge in [-0.15, -0.1) is 11.3 Å². The standard InChI is InChI=1S/C22H16F3NS/c1-14-9-10-16-18(12-14)26-21(15-6-3-2-4-7-15)20(16)17(13-22(23,24)25)19-8-5-11-27-19/h2-13,26H,1H3/b17-13-. The Hall–Kier alpha value is -2.79. The number of aromatic nitrogens is 1. The molecule has 4 rings (SSSR count). The number of fused-ring (bicyclic) bond motifs is 1. The maximum atomic E-state index is 13.4. The predicted molar refractivity (Wildman–Crippen MR) is 106 cm³/mol. The normalized spacial score (nSPS) is 12.7. The second-order valence-electron chi connectivity index (χ2n) is 6.37. The quantitative estimate of drug-likeness (QED) is 0.385. The molecular formula is C22H16F3NS. The van der Waals surface area contributed by atoms with Crippen LogP contribution >= 0.6 is 11.3 Å². The largest absolute Gasteiger partial charge is 0.410 e. The monoisotopic (exact) mass is 383 g/mol. The number of halogens is 3. The molecule has 0 spiro atoms. The molecule has 0 aliphatic rings. The third-order valence-electron chi connectivity index (χ3n) is 4.38. The summed E-state index contributed by atoms with van der Waals surface area (Å²) in [5.74, 6) is 0. The van der Waals surface area contributed by atoms with E-state index in [1.54, 1.807) is 17.5 Å². The highest BCUT2D eigenvalue weighted by atomic mass is 32.1. The van der Waals surface area contributed by atoms with Crippen molar-refractivity contribution in [1.82, 2.24) is 4.98 Å². The zero-order valence-electron chi connectivity index (χ0n) is 14.5. The van der Waals surface area contributed by atoms with Gasteiger partial charge in [-0.05, 0) is 35.6 Å². The Labute approximate surface area is 158 Å². The Bertz CT molecular complexity index is 1100. The summed E-state index contributed by atoms with van der Waals surface area (Å²) >= 11 is 1.30. The van der Waals surface area contributed by atoms with Gasteiger partial charge in [0, 0.05) is 33.0 Å². The molecule has 0 saturated carbocycles. The van der Waals surface area contributed by atoms with Gasteiger partial charge in [-0.3, -0.25) is 0 Å². The second-order valence-corrected chi connectivity index (χ2v) is 7.31. The number of aryl methyl sites for hydroxylation is 1. The van der Waals surface area contributed by atoms with Gasteiger partial charge in [0.25, 0.3) is 0 Å². The summed E-state index contributed by atoms with van der Waals surface area (Å²) in [7, 11) is 0. The Balaban J connectivity index is 2.08. The smallest absolute Gasteiger partial charge is 0.354 e. The van der Waals surface area contributed by atoms with E-state index in [1.807, 2.05) is 55.5 Å². The minimum Gasteiger partial charge on any atom is -0.354 e. The average Bonchev–Trinajstić information content (AvgIpc) is 3.27. The summed E-state index contributed by atoms with van der Waals surface area (Å²) in [6.45, 7) is 1.97. The fourth-order valence-corrected chi connectivity index (χ4v) is 4.02. The Morgan fingerprint density at radius 2 is 1.78 bits per heavy atom. The van der Waals surface area contributed by atoms with Gasteiger partial charge < -0.3 is 4.98 Å². The van der Waals surface area contributed by atoms with Crippen molar-refractivity contribution in [2.45, 2.75) is 13.1 Å². The molecule has 5 heteroatoms. The molecule has 0 unspecified atom stereocenters. The van der Waals surface area contributed by atoms with Crippen molar-refractivity contribution in [3.8, 4) is 11.3 Å². The van der Waals surface area contributed by atoms with Gasteiger partial charge in [0.2, 0.25) is 0 Å². The molecule has 0 bridgehead atoms. The molecule has 1 N–H and O–H groups in total. The molecule has 0 aliphatic heterocycles. The highest BCUT2D eigenvalue weighted by Gasteiger charge is 2.28. The number of benzene rings is 2. The Morgan fingerprint density at radius 3 is 2.44 bits per heavy atom. The lowest BCUT2D eigenvalue weighted by molar-refractivity contribution is -0.0793. The van der Waals surface area contributed by atoms with Crippen LogP contribution in [0.5, 0.6) is 0 Å². The maximum Gasteiger partial charge on any atom is 0.410 e. The van der Waals surface area contributed by atoms with Crippen LogP contribution < -0.4 is 0 Å². The molecule has 136 valence electrons. The number of hydrogen-bond acceptors (Lipinski definition) is 1. The summed E-state index contributed by atoms with van der Waals surface area (Å²) in [6.07, 6.45) is -4.00. The van der Waals surface area contributed by atoms with Crippen LogP contribution in [0.2, 0.25) is 0 Å². The van der Waals surface area contributed by atoms with Gasteiger partial charge >= 0.3 is 6.18 Å². The van der Waals surface area contributed by atoms with E-state index < -0.39 is 6.18 Å². The van der Waals surface area contributed by atoms with E-state index in [0.717, 1.165) is 22.0 Å². The first kappa shape index (κ1) is 17.6. The first-order valence-electron chi connectivity index (χ1n) is 8.44. The van der Waals surface area contributed by atoms with Crippen LogP contribution in [0.1, 0.15) is 16.0 Å². The van der Waals surface area contributed by atoms with E-state index in [4.69, 9.17) is 0 Å². The minimum atomic E-state index is -4.42. The van der Waals surface area contributed by atoms with Gasteiger partial charge in [-0.1, -0.05) is 48.5 Å². The van der Waals surface area contributed by atoms with Crippen molar-refractivity contribution in [3.05, 3.63) is 88.1 Å². The first-order chi connectivity index (χ1) is 12.9. The number of aromatic amines is 1. The number of alkyl halides is 3. The maximum absolute atomic E-state index is 13.4. The van der Waals surface area contributed by atoms with Gasteiger partial charge in [0.1, 0.15) is 0 Å². The predicted octanol–water partition coefficient (Wildman–Crippen LogP) is 7.20. The van der Waals surface area contributed by atoms with Crippen molar-refractivity contribution in [2.75, 3.05) is 0 Å². The molecule has 2 heterocycles. The summed E-state index contributed by atoms with van der Waals surface area (Å²) < 4.78 is 40.2. The molecular weight excluding hydrogens is 367 g/mol. The third kappa shape index (κ3) is 3.55. The molecule has 0 amide bonds. The average molecular weight is 383 g/mol. The highest BCUT2D eigenvalue weighted by molar-refractivity contribution is 7.11. The van der Waals surface area contributed by atoms with Gasteiger partial charge in [-0.25, -0.2) is 0 Å². The van der Waals surface area contributed by atoms with E-state index in [9.17, 15) is 13.2 Å². The van der Waals surface area contributed by atoms with Crippen LogP contribution in [0.3, 0.4) is 0 Å².